The Hall–Kier alpha value is -2.95. The third-order valence-electron chi connectivity index (χ3n) is 5.42. The minimum absolute atomic E-state index is 0.0425. The molecule has 0 saturated carbocycles. The molecule has 1 aliphatic rings. The Kier molecular flexibility index (Phi) is 5.01. The highest BCUT2D eigenvalue weighted by atomic mass is 16.2. The lowest BCUT2D eigenvalue weighted by Gasteiger charge is -2.36. The molecule has 0 spiro atoms. The molecular weight excluding hydrogens is 336 g/mol. The fraction of sp³-hybridized carbons (Fsp3) is 0.318. The van der Waals surface area contributed by atoms with E-state index in [4.69, 9.17) is 0 Å². The zero-order valence-electron chi connectivity index (χ0n) is 15.6. The number of hydrogen-bond acceptors (Lipinski definition) is 3. The summed E-state index contributed by atoms with van der Waals surface area (Å²) in [6.07, 6.45) is 9.00. The molecule has 1 aromatic carbocycles. The fourth-order valence-corrected chi connectivity index (χ4v) is 3.91. The molecule has 1 aliphatic heterocycles. The van der Waals surface area contributed by atoms with Crippen molar-refractivity contribution in [3.05, 3.63) is 71.8 Å². The van der Waals surface area contributed by atoms with Gasteiger partial charge in [0.2, 0.25) is 5.91 Å². The van der Waals surface area contributed by atoms with Gasteiger partial charge in [-0.1, -0.05) is 24.3 Å². The summed E-state index contributed by atoms with van der Waals surface area (Å²) in [7, 11) is 0. The smallest absolute Gasteiger partial charge is 0.227 e. The van der Waals surface area contributed by atoms with Gasteiger partial charge in [-0.15, -0.1) is 0 Å². The predicted octanol–water partition coefficient (Wildman–Crippen LogP) is 4.08. The molecule has 1 atom stereocenters. The minimum atomic E-state index is 0.0425. The van der Waals surface area contributed by atoms with E-state index in [1.54, 1.807) is 12.4 Å². The van der Waals surface area contributed by atoms with Gasteiger partial charge >= 0.3 is 0 Å². The van der Waals surface area contributed by atoms with E-state index in [1.165, 1.54) is 5.56 Å². The van der Waals surface area contributed by atoms with E-state index >= 15 is 0 Å². The van der Waals surface area contributed by atoms with Crippen LogP contribution in [0.4, 0.5) is 0 Å². The zero-order chi connectivity index (χ0) is 18.6. The molecule has 2 aromatic heterocycles. The van der Waals surface area contributed by atoms with Crippen molar-refractivity contribution >= 4 is 5.91 Å². The molecule has 5 heteroatoms. The van der Waals surface area contributed by atoms with Crippen LogP contribution < -0.4 is 0 Å². The number of aromatic nitrogens is 3. The molecule has 27 heavy (non-hydrogen) atoms. The van der Waals surface area contributed by atoms with Gasteiger partial charge in [-0.2, -0.15) is 5.10 Å². The summed E-state index contributed by atoms with van der Waals surface area (Å²) in [4.78, 5) is 19.3. The predicted molar refractivity (Wildman–Crippen MR) is 105 cm³/mol. The Morgan fingerprint density at radius 1 is 1.19 bits per heavy atom. The number of pyridine rings is 1. The minimum Gasteiger partial charge on any atom is -0.334 e. The number of benzene rings is 1. The van der Waals surface area contributed by atoms with Crippen LogP contribution in [0, 0.1) is 6.92 Å². The quantitative estimate of drug-likeness (QED) is 0.763. The number of carbonyl (C=O) groups excluding carboxylic acids is 1. The summed E-state index contributed by atoms with van der Waals surface area (Å²) in [6, 6.07) is 12.1. The van der Waals surface area contributed by atoms with Crippen LogP contribution in [0.3, 0.4) is 0 Å². The van der Waals surface area contributed by atoms with Gasteiger partial charge in [0.15, 0.2) is 0 Å². The van der Waals surface area contributed by atoms with Gasteiger partial charge < -0.3 is 4.90 Å². The summed E-state index contributed by atoms with van der Waals surface area (Å²) in [5.74, 6) is 0.185. The number of likely N-dealkylation sites (tertiary alicyclic amines) is 1. The summed E-state index contributed by atoms with van der Waals surface area (Å²) < 4.78 is 0. The average Bonchev–Trinajstić information content (AvgIpc) is 3.20. The van der Waals surface area contributed by atoms with Crippen LogP contribution in [0.2, 0.25) is 0 Å². The second kappa shape index (κ2) is 7.74. The number of rotatable bonds is 4. The number of amides is 1. The van der Waals surface area contributed by atoms with Crippen molar-refractivity contribution in [2.24, 2.45) is 0 Å². The van der Waals surface area contributed by atoms with Crippen molar-refractivity contribution in [1.82, 2.24) is 20.1 Å². The molecule has 0 radical (unpaired) electrons. The highest BCUT2D eigenvalue weighted by molar-refractivity contribution is 5.80. The fourth-order valence-electron chi connectivity index (χ4n) is 3.91. The van der Waals surface area contributed by atoms with E-state index in [-0.39, 0.29) is 11.9 Å². The first-order valence-corrected chi connectivity index (χ1v) is 9.51. The summed E-state index contributed by atoms with van der Waals surface area (Å²) in [5.41, 5.74) is 5.42. The van der Waals surface area contributed by atoms with Gasteiger partial charge in [0.25, 0.3) is 0 Å². The molecule has 0 aliphatic carbocycles. The van der Waals surface area contributed by atoms with Crippen LogP contribution in [0.15, 0.2) is 55.0 Å². The lowest BCUT2D eigenvalue weighted by atomic mass is 9.94. The normalized spacial score (nSPS) is 17.1. The molecule has 0 bridgehead atoms. The lowest BCUT2D eigenvalue weighted by Crippen LogP contribution is -2.39. The number of aromatic amines is 1. The standard InChI is InChI=1S/C22H24N4O/c1-16-6-2-3-7-18(16)14-21(27)26-13-5-4-8-20(26)22-19(15-24-25-22)17-9-11-23-12-10-17/h2-3,6-7,9-12,15,20H,4-5,8,13-14H2,1H3,(H,24,25)/t20-/m0/s1. The summed E-state index contributed by atoms with van der Waals surface area (Å²) in [6.45, 7) is 2.86. The molecule has 4 rings (SSSR count). The van der Waals surface area contributed by atoms with E-state index in [1.807, 2.05) is 41.4 Å². The maximum atomic E-state index is 13.2. The van der Waals surface area contributed by atoms with E-state index in [9.17, 15) is 4.79 Å². The van der Waals surface area contributed by atoms with Crippen LogP contribution >= 0.6 is 0 Å². The van der Waals surface area contributed by atoms with Gasteiger partial charge in [-0.25, -0.2) is 0 Å². The maximum absolute atomic E-state index is 13.2. The third-order valence-corrected chi connectivity index (χ3v) is 5.42. The largest absolute Gasteiger partial charge is 0.334 e. The second-order valence-electron chi connectivity index (χ2n) is 7.14. The molecule has 3 aromatic rings. The first-order chi connectivity index (χ1) is 13.2. The van der Waals surface area contributed by atoms with Crippen LogP contribution in [0.5, 0.6) is 0 Å². The van der Waals surface area contributed by atoms with Crippen molar-refractivity contribution in [2.75, 3.05) is 6.54 Å². The maximum Gasteiger partial charge on any atom is 0.227 e. The molecule has 1 saturated heterocycles. The molecular formula is C22H24N4O. The first kappa shape index (κ1) is 17.5. The van der Waals surface area contributed by atoms with Gasteiger partial charge in [-0.05, 0) is 55.0 Å². The zero-order valence-corrected chi connectivity index (χ0v) is 15.6. The Balaban J connectivity index is 1.61. The lowest BCUT2D eigenvalue weighted by molar-refractivity contribution is -0.134. The van der Waals surface area contributed by atoms with Crippen molar-refractivity contribution in [2.45, 2.75) is 38.6 Å². The number of nitrogens with zero attached hydrogens (tertiary/aromatic N) is 3. The van der Waals surface area contributed by atoms with Gasteiger partial charge in [0, 0.05) is 24.5 Å². The highest BCUT2D eigenvalue weighted by Gasteiger charge is 2.31. The first-order valence-electron chi connectivity index (χ1n) is 9.51. The van der Waals surface area contributed by atoms with Crippen molar-refractivity contribution in [3.8, 4) is 11.1 Å². The number of nitrogens with one attached hydrogen (secondary N) is 1. The topological polar surface area (TPSA) is 61.9 Å². The molecule has 138 valence electrons. The Labute approximate surface area is 159 Å². The molecule has 1 fully saturated rings. The van der Waals surface area contributed by atoms with Crippen LogP contribution in [-0.2, 0) is 11.2 Å². The van der Waals surface area contributed by atoms with Crippen molar-refractivity contribution in [3.63, 3.8) is 0 Å². The monoisotopic (exact) mass is 360 g/mol. The number of piperidine rings is 1. The Bertz CT molecular complexity index is 919. The highest BCUT2D eigenvalue weighted by Crippen LogP contribution is 2.35. The number of hydrogen-bond donors (Lipinski definition) is 1. The summed E-state index contributed by atoms with van der Waals surface area (Å²) in [5, 5.41) is 7.45. The Morgan fingerprint density at radius 3 is 2.81 bits per heavy atom. The van der Waals surface area contributed by atoms with Gasteiger partial charge in [0.05, 0.1) is 24.4 Å². The number of aryl methyl sites for hydroxylation is 1. The molecule has 5 nitrogen and oxygen atoms in total. The van der Waals surface area contributed by atoms with Crippen molar-refractivity contribution in [1.29, 1.82) is 0 Å². The van der Waals surface area contributed by atoms with Gasteiger partial charge in [-0.3, -0.25) is 14.9 Å². The third kappa shape index (κ3) is 3.63. The SMILES string of the molecule is Cc1ccccc1CC(=O)N1CCCC[C@H]1c1[nH]ncc1-c1ccncc1. The Morgan fingerprint density at radius 2 is 2.00 bits per heavy atom. The summed E-state index contributed by atoms with van der Waals surface area (Å²) >= 11 is 0. The second-order valence-corrected chi connectivity index (χ2v) is 7.14. The van der Waals surface area contributed by atoms with E-state index in [0.717, 1.165) is 48.2 Å². The number of carbonyl (C=O) groups is 1. The van der Waals surface area contributed by atoms with Crippen LogP contribution in [0.1, 0.15) is 42.1 Å². The number of H-pyrrole nitrogens is 1. The van der Waals surface area contributed by atoms with Crippen LogP contribution in [0.25, 0.3) is 11.1 Å². The molecule has 1 amide bonds. The van der Waals surface area contributed by atoms with E-state index in [0.29, 0.717) is 6.42 Å². The van der Waals surface area contributed by atoms with E-state index in [2.05, 4.69) is 28.2 Å². The van der Waals surface area contributed by atoms with Crippen LogP contribution in [-0.4, -0.2) is 32.5 Å². The molecule has 1 N–H and O–H groups in total. The molecule has 0 unspecified atom stereocenters. The van der Waals surface area contributed by atoms with Gasteiger partial charge in [0.1, 0.15) is 0 Å². The van der Waals surface area contributed by atoms with Crippen molar-refractivity contribution < 1.29 is 4.79 Å². The molecule has 3 heterocycles. The van der Waals surface area contributed by atoms with E-state index < -0.39 is 0 Å². The average molecular weight is 360 g/mol.